The lowest BCUT2D eigenvalue weighted by Crippen LogP contribution is -2.27. The summed E-state index contributed by atoms with van der Waals surface area (Å²) in [6, 6.07) is 22.0. The number of halogens is 1. The fraction of sp³-hybridized carbons (Fsp3) is 0.115. The van der Waals surface area contributed by atoms with Crippen LogP contribution in [0.3, 0.4) is 0 Å². The quantitative estimate of drug-likeness (QED) is 0.255. The molecule has 0 bridgehead atoms. The fourth-order valence-corrected chi connectivity index (χ4v) is 5.22. The molecule has 1 N–H and O–H groups in total. The van der Waals surface area contributed by atoms with Crippen molar-refractivity contribution in [3.8, 4) is 11.5 Å². The molecule has 178 valence electrons. The van der Waals surface area contributed by atoms with Gasteiger partial charge in [0.25, 0.3) is 11.8 Å². The number of para-hydroxylation sites is 2. The number of amides is 2. The van der Waals surface area contributed by atoms with Crippen molar-refractivity contribution in [2.24, 2.45) is 0 Å². The molecule has 1 saturated heterocycles. The first-order valence-corrected chi connectivity index (χ1v) is 12.7. The molecule has 1 fully saturated rings. The van der Waals surface area contributed by atoms with E-state index in [-0.39, 0.29) is 18.4 Å². The molecule has 9 heteroatoms. The summed E-state index contributed by atoms with van der Waals surface area (Å²) in [5.74, 6) is 0.389. The van der Waals surface area contributed by atoms with Crippen LogP contribution in [0.4, 0.5) is 11.4 Å². The zero-order chi connectivity index (χ0) is 24.8. The second-order valence-corrected chi connectivity index (χ2v) is 9.85. The highest BCUT2D eigenvalue weighted by Gasteiger charge is 2.33. The van der Waals surface area contributed by atoms with Crippen LogP contribution in [0.5, 0.6) is 11.5 Å². The predicted octanol–water partition coefficient (Wildman–Crippen LogP) is 6.27. The molecule has 0 spiro atoms. The molecule has 0 radical (unpaired) electrons. The van der Waals surface area contributed by atoms with Crippen LogP contribution in [0.15, 0.2) is 82.2 Å². The molecule has 0 aliphatic carbocycles. The summed E-state index contributed by atoms with van der Waals surface area (Å²) in [5, 5.41) is 2.78. The number of nitrogens with one attached hydrogen (secondary N) is 1. The Balaban J connectivity index is 1.53. The van der Waals surface area contributed by atoms with Crippen LogP contribution in [-0.2, 0) is 9.59 Å². The normalized spacial score (nSPS) is 14.3. The lowest BCUT2D eigenvalue weighted by molar-refractivity contribution is -0.118. The zero-order valence-electron chi connectivity index (χ0n) is 18.7. The van der Waals surface area contributed by atoms with Crippen LogP contribution in [0.1, 0.15) is 12.5 Å². The number of thioether (sulfide) groups is 1. The third-order valence-corrected chi connectivity index (χ3v) is 6.73. The molecule has 0 atom stereocenters. The van der Waals surface area contributed by atoms with Crippen molar-refractivity contribution < 1.29 is 19.1 Å². The van der Waals surface area contributed by atoms with E-state index in [0.717, 1.165) is 11.3 Å². The number of nitrogens with zero attached hydrogens (tertiary/aromatic N) is 1. The highest BCUT2D eigenvalue weighted by atomic mass is 79.9. The third-order valence-electron chi connectivity index (χ3n) is 4.84. The Morgan fingerprint density at radius 2 is 1.77 bits per heavy atom. The zero-order valence-corrected chi connectivity index (χ0v) is 21.9. The van der Waals surface area contributed by atoms with Gasteiger partial charge in [-0.2, -0.15) is 0 Å². The SMILES string of the molecule is CCOc1cc(/C=C2/SC(=S)N(c3ccccc3)C2=O)cc(Br)c1OCC(=O)Nc1ccccc1. The molecule has 4 rings (SSSR count). The molecule has 6 nitrogen and oxygen atoms in total. The van der Waals surface area contributed by atoms with Crippen molar-refractivity contribution >= 4 is 73.5 Å². The summed E-state index contributed by atoms with van der Waals surface area (Å²) in [7, 11) is 0. The lowest BCUT2D eigenvalue weighted by Gasteiger charge is -2.15. The van der Waals surface area contributed by atoms with Crippen molar-refractivity contribution in [1.29, 1.82) is 0 Å². The topological polar surface area (TPSA) is 67.9 Å². The largest absolute Gasteiger partial charge is 0.490 e. The third kappa shape index (κ3) is 6.11. The van der Waals surface area contributed by atoms with E-state index in [1.54, 1.807) is 24.3 Å². The Labute approximate surface area is 221 Å². The van der Waals surface area contributed by atoms with Crippen molar-refractivity contribution in [2.75, 3.05) is 23.4 Å². The Kier molecular flexibility index (Phi) is 8.22. The highest BCUT2D eigenvalue weighted by Crippen LogP contribution is 2.40. The van der Waals surface area contributed by atoms with Gasteiger partial charge in [-0.3, -0.25) is 14.5 Å². The summed E-state index contributed by atoms with van der Waals surface area (Å²) in [5.41, 5.74) is 2.15. The molecule has 2 amide bonds. The molecular weight excluding hydrogens is 548 g/mol. The van der Waals surface area contributed by atoms with Gasteiger partial charge in [-0.05, 0) is 70.9 Å². The first kappa shape index (κ1) is 25.0. The fourth-order valence-electron chi connectivity index (χ4n) is 3.35. The number of ether oxygens (including phenoxy) is 2. The van der Waals surface area contributed by atoms with Gasteiger partial charge < -0.3 is 14.8 Å². The molecule has 0 unspecified atom stereocenters. The number of hydrogen-bond acceptors (Lipinski definition) is 6. The minimum atomic E-state index is -0.292. The number of carbonyl (C=O) groups excluding carboxylic acids is 2. The van der Waals surface area contributed by atoms with Crippen LogP contribution < -0.4 is 19.7 Å². The van der Waals surface area contributed by atoms with Gasteiger partial charge in [-0.1, -0.05) is 60.4 Å². The maximum Gasteiger partial charge on any atom is 0.270 e. The lowest BCUT2D eigenvalue weighted by atomic mass is 10.1. The van der Waals surface area contributed by atoms with Crippen LogP contribution in [-0.4, -0.2) is 29.3 Å². The van der Waals surface area contributed by atoms with Gasteiger partial charge in [0.05, 0.1) is 21.7 Å². The monoisotopic (exact) mass is 568 g/mol. The molecule has 3 aromatic rings. The van der Waals surface area contributed by atoms with Crippen LogP contribution in [0.25, 0.3) is 6.08 Å². The molecule has 1 heterocycles. The van der Waals surface area contributed by atoms with Crippen LogP contribution >= 0.6 is 39.9 Å². The van der Waals surface area contributed by atoms with E-state index in [0.29, 0.717) is 37.5 Å². The highest BCUT2D eigenvalue weighted by molar-refractivity contribution is 9.10. The van der Waals surface area contributed by atoms with Gasteiger partial charge in [0.2, 0.25) is 0 Å². The van der Waals surface area contributed by atoms with Gasteiger partial charge in [-0.15, -0.1) is 0 Å². The average molecular weight is 570 g/mol. The minimum absolute atomic E-state index is 0.182. The Morgan fingerprint density at radius 3 is 2.46 bits per heavy atom. The van der Waals surface area contributed by atoms with E-state index in [9.17, 15) is 9.59 Å². The standard InChI is InChI=1S/C26H21BrN2O4S2/c1-2-32-21-14-17(15-22-25(31)29(26(34)35-22)19-11-7-4-8-12-19)13-20(27)24(21)33-16-23(30)28-18-9-5-3-6-10-18/h3-15H,2,16H2,1H3,(H,28,30)/b22-15+. The predicted molar refractivity (Wildman–Crippen MR) is 148 cm³/mol. The van der Waals surface area contributed by atoms with Crippen molar-refractivity contribution in [2.45, 2.75) is 6.92 Å². The maximum atomic E-state index is 13.0. The number of benzene rings is 3. The second kappa shape index (κ2) is 11.5. The first-order chi connectivity index (χ1) is 17.0. The maximum absolute atomic E-state index is 13.0. The minimum Gasteiger partial charge on any atom is -0.490 e. The number of carbonyl (C=O) groups is 2. The van der Waals surface area contributed by atoms with Gasteiger partial charge in [0.1, 0.15) is 0 Å². The van der Waals surface area contributed by atoms with Crippen LogP contribution in [0, 0.1) is 0 Å². The molecule has 35 heavy (non-hydrogen) atoms. The molecule has 1 aliphatic heterocycles. The average Bonchev–Trinajstić information content (AvgIpc) is 3.12. The van der Waals surface area contributed by atoms with Crippen molar-refractivity contribution in [3.05, 3.63) is 87.7 Å². The van der Waals surface area contributed by atoms with Gasteiger partial charge in [0, 0.05) is 5.69 Å². The molecule has 0 saturated carbocycles. The smallest absolute Gasteiger partial charge is 0.270 e. The Morgan fingerprint density at radius 1 is 1.09 bits per heavy atom. The first-order valence-electron chi connectivity index (χ1n) is 10.7. The summed E-state index contributed by atoms with van der Waals surface area (Å²) < 4.78 is 12.6. The molecule has 0 aromatic heterocycles. The van der Waals surface area contributed by atoms with Gasteiger partial charge in [0.15, 0.2) is 22.4 Å². The second-order valence-electron chi connectivity index (χ2n) is 7.32. The number of thiocarbonyl (C=S) groups is 1. The van der Waals surface area contributed by atoms with E-state index in [4.69, 9.17) is 21.7 Å². The van der Waals surface area contributed by atoms with Gasteiger partial charge >= 0.3 is 0 Å². The van der Waals surface area contributed by atoms with Gasteiger partial charge in [-0.25, -0.2) is 0 Å². The number of hydrogen-bond donors (Lipinski definition) is 1. The molecule has 1 aliphatic rings. The summed E-state index contributed by atoms with van der Waals surface area (Å²) in [6.45, 7) is 2.07. The van der Waals surface area contributed by atoms with Crippen molar-refractivity contribution in [3.63, 3.8) is 0 Å². The Bertz CT molecular complexity index is 1280. The van der Waals surface area contributed by atoms with E-state index in [2.05, 4.69) is 21.2 Å². The number of rotatable bonds is 8. The Hall–Kier alpha value is -3.14. The number of anilines is 2. The van der Waals surface area contributed by atoms with E-state index in [1.165, 1.54) is 16.7 Å². The van der Waals surface area contributed by atoms with E-state index < -0.39 is 0 Å². The van der Waals surface area contributed by atoms with E-state index >= 15 is 0 Å². The molecule has 3 aromatic carbocycles. The van der Waals surface area contributed by atoms with Crippen molar-refractivity contribution in [1.82, 2.24) is 0 Å². The summed E-state index contributed by atoms with van der Waals surface area (Å²) >= 11 is 10.2. The summed E-state index contributed by atoms with van der Waals surface area (Å²) in [6.07, 6.45) is 1.77. The van der Waals surface area contributed by atoms with E-state index in [1.807, 2.05) is 61.5 Å². The van der Waals surface area contributed by atoms with Crippen LogP contribution in [0.2, 0.25) is 0 Å². The molecular formula is C26H21BrN2O4S2. The summed E-state index contributed by atoms with van der Waals surface area (Å²) in [4.78, 5) is 27.4.